The highest BCUT2D eigenvalue weighted by Gasteiger charge is 2.08. The highest BCUT2D eigenvalue weighted by Crippen LogP contribution is 2.03. The molecule has 1 heterocycles. The van der Waals surface area contributed by atoms with Crippen LogP contribution < -0.4 is 16.6 Å². The number of hydrogen-bond acceptors (Lipinski definition) is 5. The van der Waals surface area contributed by atoms with Gasteiger partial charge in [-0.05, 0) is 24.6 Å². The Kier molecular flexibility index (Phi) is 6.94. The van der Waals surface area contributed by atoms with Crippen molar-refractivity contribution >= 4 is 29.2 Å². The first-order valence-corrected chi connectivity index (χ1v) is 6.91. The number of nitrogens with two attached hydrogens (primary N) is 1. The lowest BCUT2D eigenvalue weighted by atomic mass is 10.2. The zero-order valence-electron chi connectivity index (χ0n) is 12.4. The Hall–Kier alpha value is -1.99. The van der Waals surface area contributed by atoms with E-state index in [1.807, 2.05) is 6.92 Å². The van der Waals surface area contributed by atoms with Crippen LogP contribution in [0.4, 0.5) is 0 Å². The molecule has 0 aliphatic rings. The van der Waals surface area contributed by atoms with Crippen LogP contribution in [0.1, 0.15) is 13.3 Å². The summed E-state index contributed by atoms with van der Waals surface area (Å²) in [6.45, 7) is 3.22. The van der Waals surface area contributed by atoms with Gasteiger partial charge in [-0.1, -0.05) is 24.3 Å². The minimum Gasteiger partial charge on any atom is -0.356 e. The molecule has 1 atom stereocenters. The van der Waals surface area contributed by atoms with Gasteiger partial charge in [0.2, 0.25) is 5.91 Å². The summed E-state index contributed by atoms with van der Waals surface area (Å²) >= 11 is 0. The molecule has 22 heavy (non-hydrogen) atoms. The van der Waals surface area contributed by atoms with Crippen LogP contribution in [0.25, 0.3) is 10.9 Å². The molecule has 0 radical (unpaired) electrons. The third kappa shape index (κ3) is 4.51. The molecule has 3 N–H and O–H groups in total. The molecule has 2 rings (SSSR count). The molecule has 8 heteroatoms. The lowest BCUT2D eigenvalue weighted by molar-refractivity contribution is -0.121. The summed E-state index contributed by atoms with van der Waals surface area (Å²) in [4.78, 5) is 23.9. The second-order valence-electron chi connectivity index (χ2n) is 5.03. The summed E-state index contributed by atoms with van der Waals surface area (Å²) in [7, 11) is 0. The van der Waals surface area contributed by atoms with Crippen LogP contribution >= 0.6 is 12.4 Å². The van der Waals surface area contributed by atoms with E-state index in [0.29, 0.717) is 24.0 Å². The summed E-state index contributed by atoms with van der Waals surface area (Å²) < 4.78 is 1.22. The number of aromatic nitrogens is 3. The molecule has 2 aromatic rings. The molecule has 0 aliphatic carbocycles. The van der Waals surface area contributed by atoms with Crippen molar-refractivity contribution in [3.63, 3.8) is 0 Å². The van der Waals surface area contributed by atoms with E-state index < -0.39 is 0 Å². The molecule has 0 spiro atoms. The molecule has 1 aromatic carbocycles. The first-order valence-electron chi connectivity index (χ1n) is 6.91. The van der Waals surface area contributed by atoms with Gasteiger partial charge in [-0.25, -0.2) is 4.68 Å². The topological polar surface area (TPSA) is 103 Å². The van der Waals surface area contributed by atoms with Gasteiger partial charge in [0, 0.05) is 13.0 Å². The molecular formula is C14H20ClN5O2. The van der Waals surface area contributed by atoms with Gasteiger partial charge in [-0.3, -0.25) is 9.59 Å². The van der Waals surface area contributed by atoms with E-state index in [4.69, 9.17) is 5.73 Å². The number of hydrogen-bond donors (Lipinski definition) is 2. The molecule has 1 aromatic heterocycles. The van der Waals surface area contributed by atoms with Gasteiger partial charge in [0.15, 0.2) is 0 Å². The molecule has 120 valence electrons. The van der Waals surface area contributed by atoms with Crippen LogP contribution in [-0.2, 0) is 11.3 Å². The number of nitrogens with one attached hydrogen (secondary N) is 1. The highest BCUT2D eigenvalue weighted by atomic mass is 35.5. The van der Waals surface area contributed by atoms with Crippen molar-refractivity contribution in [2.45, 2.75) is 19.9 Å². The molecular weight excluding hydrogens is 306 g/mol. The van der Waals surface area contributed by atoms with Gasteiger partial charge < -0.3 is 11.1 Å². The fraction of sp³-hybridized carbons (Fsp3) is 0.429. The molecule has 0 saturated heterocycles. The van der Waals surface area contributed by atoms with Crippen molar-refractivity contribution in [1.82, 2.24) is 20.3 Å². The molecule has 0 aliphatic heterocycles. The zero-order valence-corrected chi connectivity index (χ0v) is 13.2. The Bertz CT molecular complexity index is 688. The van der Waals surface area contributed by atoms with E-state index in [-0.39, 0.29) is 42.8 Å². The van der Waals surface area contributed by atoms with Crippen LogP contribution in [0.3, 0.4) is 0 Å². The van der Waals surface area contributed by atoms with Crippen molar-refractivity contribution in [3.8, 4) is 0 Å². The minimum atomic E-state index is -0.233. The fourth-order valence-electron chi connectivity index (χ4n) is 1.84. The average molecular weight is 326 g/mol. The first-order chi connectivity index (χ1) is 10.1. The third-order valence-corrected chi connectivity index (χ3v) is 3.23. The van der Waals surface area contributed by atoms with Crippen LogP contribution in [0.5, 0.6) is 0 Å². The quantitative estimate of drug-likeness (QED) is 0.796. The number of amides is 1. The number of halogens is 1. The smallest absolute Gasteiger partial charge is 0.277 e. The average Bonchev–Trinajstić information content (AvgIpc) is 2.52. The van der Waals surface area contributed by atoms with Crippen molar-refractivity contribution in [1.29, 1.82) is 0 Å². The maximum atomic E-state index is 12.2. The van der Waals surface area contributed by atoms with Crippen LogP contribution in [0, 0.1) is 5.92 Å². The predicted octanol–water partition coefficient (Wildman–Crippen LogP) is 0.314. The normalized spacial score (nSPS) is 11.7. The van der Waals surface area contributed by atoms with E-state index in [2.05, 4.69) is 15.6 Å². The molecule has 0 fully saturated rings. The molecule has 7 nitrogen and oxygen atoms in total. The summed E-state index contributed by atoms with van der Waals surface area (Å²) in [5.41, 5.74) is 5.80. The van der Waals surface area contributed by atoms with Gasteiger partial charge in [0.05, 0.1) is 11.9 Å². The van der Waals surface area contributed by atoms with Crippen molar-refractivity contribution in [2.75, 3.05) is 13.1 Å². The SMILES string of the molecule is CC(CN)CNC(=O)CCn1nnc2ccccc2c1=O.Cl. The molecule has 1 amide bonds. The first kappa shape index (κ1) is 18.1. The van der Waals surface area contributed by atoms with Crippen molar-refractivity contribution in [3.05, 3.63) is 34.6 Å². The molecule has 0 saturated carbocycles. The predicted molar refractivity (Wildman–Crippen MR) is 86.9 cm³/mol. The Labute approximate surface area is 134 Å². The van der Waals surface area contributed by atoms with Crippen LogP contribution in [-0.4, -0.2) is 34.0 Å². The maximum absolute atomic E-state index is 12.2. The summed E-state index contributed by atoms with van der Waals surface area (Å²) in [6, 6.07) is 7.00. The second-order valence-corrected chi connectivity index (χ2v) is 5.03. The maximum Gasteiger partial charge on any atom is 0.277 e. The number of rotatable bonds is 6. The van der Waals surface area contributed by atoms with Gasteiger partial charge in [-0.15, -0.1) is 17.5 Å². The lowest BCUT2D eigenvalue weighted by Crippen LogP contribution is -2.33. The molecule has 1 unspecified atom stereocenters. The second kappa shape index (κ2) is 8.45. The summed E-state index contributed by atoms with van der Waals surface area (Å²) in [6.07, 6.45) is 0.185. The summed E-state index contributed by atoms with van der Waals surface area (Å²) in [5, 5.41) is 11.1. The zero-order chi connectivity index (χ0) is 15.2. The minimum absolute atomic E-state index is 0. The van der Waals surface area contributed by atoms with Gasteiger partial charge >= 0.3 is 0 Å². The van der Waals surface area contributed by atoms with E-state index in [1.54, 1.807) is 24.3 Å². The standard InChI is InChI=1S/C14H19N5O2.ClH/c1-10(8-15)9-16-13(20)6-7-19-14(21)11-4-2-3-5-12(11)17-18-19;/h2-5,10H,6-9,15H2,1H3,(H,16,20);1H. The van der Waals surface area contributed by atoms with Crippen LogP contribution in [0.2, 0.25) is 0 Å². The number of benzene rings is 1. The Morgan fingerprint density at radius 3 is 2.86 bits per heavy atom. The number of carbonyl (C=O) groups excluding carboxylic acids is 1. The van der Waals surface area contributed by atoms with Crippen molar-refractivity contribution < 1.29 is 4.79 Å². The van der Waals surface area contributed by atoms with Gasteiger partial charge in [0.1, 0.15) is 5.52 Å². The number of fused-ring (bicyclic) bond motifs is 1. The van der Waals surface area contributed by atoms with Gasteiger partial charge in [-0.2, -0.15) is 0 Å². The Morgan fingerprint density at radius 2 is 2.14 bits per heavy atom. The van der Waals surface area contributed by atoms with E-state index in [1.165, 1.54) is 4.68 Å². The fourth-order valence-corrected chi connectivity index (χ4v) is 1.84. The lowest BCUT2D eigenvalue weighted by Gasteiger charge is -2.10. The molecule has 0 bridgehead atoms. The Morgan fingerprint density at radius 1 is 1.41 bits per heavy atom. The highest BCUT2D eigenvalue weighted by molar-refractivity contribution is 5.85. The van der Waals surface area contributed by atoms with E-state index >= 15 is 0 Å². The van der Waals surface area contributed by atoms with E-state index in [9.17, 15) is 9.59 Å². The van der Waals surface area contributed by atoms with Gasteiger partial charge in [0.25, 0.3) is 5.56 Å². The number of nitrogens with zero attached hydrogens (tertiary/aromatic N) is 3. The Balaban J connectivity index is 0.00000242. The monoisotopic (exact) mass is 325 g/mol. The van der Waals surface area contributed by atoms with Crippen LogP contribution in [0.15, 0.2) is 29.1 Å². The largest absolute Gasteiger partial charge is 0.356 e. The summed E-state index contributed by atoms with van der Waals surface area (Å²) in [5.74, 6) is 0.106. The van der Waals surface area contributed by atoms with Crippen molar-refractivity contribution in [2.24, 2.45) is 11.7 Å². The van der Waals surface area contributed by atoms with E-state index in [0.717, 1.165) is 0 Å². The third-order valence-electron chi connectivity index (χ3n) is 3.23. The number of carbonyl (C=O) groups is 1. The number of aryl methyl sites for hydroxylation is 1.